The van der Waals surface area contributed by atoms with E-state index in [-0.39, 0.29) is 11.8 Å². The van der Waals surface area contributed by atoms with E-state index < -0.39 is 0 Å². The van der Waals surface area contributed by atoms with Gasteiger partial charge in [0, 0.05) is 22.9 Å². The molecule has 0 atom stereocenters. The topological polar surface area (TPSA) is 82.9 Å². The molecule has 0 radical (unpaired) electrons. The number of carbonyl (C=O) groups is 2. The molecule has 31 heavy (non-hydrogen) atoms. The first-order valence-corrected chi connectivity index (χ1v) is 10.9. The van der Waals surface area contributed by atoms with Gasteiger partial charge in [0.25, 0.3) is 0 Å². The fourth-order valence-corrected chi connectivity index (χ4v) is 3.14. The minimum atomic E-state index is -0.116. The Kier molecular flexibility index (Phi) is 11.4. The molecule has 0 unspecified atom stereocenters. The van der Waals surface area contributed by atoms with Crippen molar-refractivity contribution in [3.8, 4) is 0 Å². The lowest BCUT2D eigenvalue weighted by molar-refractivity contribution is -0.121. The molecule has 0 heterocycles. The lowest BCUT2D eigenvalue weighted by Crippen LogP contribution is -2.17. The summed E-state index contributed by atoms with van der Waals surface area (Å²) in [7, 11) is 0. The van der Waals surface area contributed by atoms with E-state index >= 15 is 0 Å². The number of hydrogen-bond acceptors (Lipinski definition) is 4. The molecule has 2 amide bonds. The van der Waals surface area contributed by atoms with Crippen molar-refractivity contribution in [3.63, 3.8) is 0 Å². The van der Waals surface area contributed by atoms with E-state index in [0.717, 1.165) is 43.2 Å². The number of amides is 2. The van der Waals surface area contributed by atoms with E-state index in [2.05, 4.69) is 21.1 Å². The third-order valence-electron chi connectivity index (χ3n) is 4.31. The Morgan fingerprint density at radius 2 is 1.13 bits per heavy atom. The largest absolute Gasteiger partial charge is 0.273 e. The molecular formula is C23H26Cl2N4O2. The minimum absolute atomic E-state index is 0.116. The average Bonchev–Trinajstić information content (AvgIpc) is 2.73. The molecule has 0 fully saturated rings. The van der Waals surface area contributed by atoms with Crippen molar-refractivity contribution in [1.29, 1.82) is 0 Å². The van der Waals surface area contributed by atoms with Crippen molar-refractivity contribution in [2.24, 2.45) is 10.2 Å². The number of halogens is 2. The average molecular weight is 461 g/mol. The molecule has 0 saturated carbocycles. The Morgan fingerprint density at radius 3 is 1.55 bits per heavy atom. The van der Waals surface area contributed by atoms with Crippen LogP contribution in [0.25, 0.3) is 0 Å². The lowest BCUT2D eigenvalue weighted by Gasteiger charge is -2.02. The minimum Gasteiger partial charge on any atom is -0.273 e. The molecule has 6 nitrogen and oxygen atoms in total. The summed E-state index contributed by atoms with van der Waals surface area (Å²) in [4.78, 5) is 23.6. The van der Waals surface area contributed by atoms with Gasteiger partial charge in [-0.3, -0.25) is 9.59 Å². The SMILES string of the molecule is O=C(CCCCCCCC(=O)NN=Cc1cccc(Cl)c1)NN=Cc1cccc(Cl)c1. The van der Waals surface area contributed by atoms with Crippen LogP contribution in [0.1, 0.15) is 56.1 Å². The van der Waals surface area contributed by atoms with Gasteiger partial charge < -0.3 is 0 Å². The van der Waals surface area contributed by atoms with Gasteiger partial charge in [0.1, 0.15) is 0 Å². The van der Waals surface area contributed by atoms with Gasteiger partial charge in [-0.1, -0.05) is 66.7 Å². The number of hydrogen-bond donors (Lipinski definition) is 2. The van der Waals surface area contributed by atoms with Gasteiger partial charge in [0.15, 0.2) is 0 Å². The van der Waals surface area contributed by atoms with Gasteiger partial charge in [-0.15, -0.1) is 0 Å². The zero-order valence-electron chi connectivity index (χ0n) is 17.2. The molecule has 8 heteroatoms. The highest BCUT2D eigenvalue weighted by molar-refractivity contribution is 6.31. The normalized spacial score (nSPS) is 11.2. The van der Waals surface area contributed by atoms with Crippen LogP contribution >= 0.6 is 23.2 Å². The summed E-state index contributed by atoms with van der Waals surface area (Å²) in [5.41, 5.74) is 6.68. The predicted octanol–water partition coefficient (Wildman–Crippen LogP) is 5.32. The Bertz CT molecular complexity index is 842. The number of nitrogens with one attached hydrogen (secondary N) is 2. The first-order chi connectivity index (χ1) is 15.0. The van der Waals surface area contributed by atoms with Crippen LogP contribution in [0.2, 0.25) is 10.0 Å². The van der Waals surface area contributed by atoms with Crippen molar-refractivity contribution in [2.45, 2.75) is 44.9 Å². The summed E-state index contributed by atoms with van der Waals surface area (Å²) >= 11 is 11.8. The molecule has 2 rings (SSSR count). The second-order valence-electron chi connectivity index (χ2n) is 6.96. The fraction of sp³-hybridized carbons (Fsp3) is 0.304. The van der Waals surface area contributed by atoms with Gasteiger partial charge in [0.05, 0.1) is 12.4 Å². The molecule has 0 saturated heterocycles. The standard InChI is InChI=1S/C23H26Cl2N4O2/c24-20-10-6-8-18(14-20)16-26-28-22(30)12-4-2-1-3-5-13-23(31)29-27-17-19-9-7-11-21(25)15-19/h6-11,14-17H,1-5,12-13H2,(H,28,30)(H,29,31). The first-order valence-electron chi connectivity index (χ1n) is 10.2. The van der Waals surface area contributed by atoms with E-state index in [0.29, 0.717) is 22.9 Å². The van der Waals surface area contributed by atoms with Crippen LogP contribution in [0, 0.1) is 0 Å². The molecule has 0 aliphatic heterocycles. The number of unbranched alkanes of at least 4 members (excludes halogenated alkanes) is 4. The van der Waals surface area contributed by atoms with Crippen LogP contribution in [-0.4, -0.2) is 24.2 Å². The number of carbonyl (C=O) groups excluding carboxylic acids is 2. The molecule has 2 aromatic carbocycles. The van der Waals surface area contributed by atoms with Crippen LogP contribution in [0.15, 0.2) is 58.7 Å². The van der Waals surface area contributed by atoms with Crippen molar-refractivity contribution in [2.75, 3.05) is 0 Å². The highest BCUT2D eigenvalue weighted by Gasteiger charge is 2.02. The summed E-state index contributed by atoms with van der Waals surface area (Å²) in [6.45, 7) is 0. The molecular weight excluding hydrogens is 435 g/mol. The molecule has 0 spiro atoms. The van der Waals surface area contributed by atoms with Crippen molar-refractivity contribution in [3.05, 3.63) is 69.7 Å². The summed E-state index contributed by atoms with van der Waals surface area (Å²) in [5, 5.41) is 9.11. The smallest absolute Gasteiger partial charge is 0.240 e. The summed E-state index contributed by atoms with van der Waals surface area (Å²) in [5.74, 6) is -0.231. The monoisotopic (exact) mass is 460 g/mol. The molecule has 0 aliphatic rings. The zero-order valence-corrected chi connectivity index (χ0v) is 18.7. The molecule has 0 aliphatic carbocycles. The second kappa shape index (κ2) is 14.3. The molecule has 0 bridgehead atoms. The molecule has 2 N–H and O–H groups in total. The van der Waals surface area contributed by atoms with E-state index in [1.165, 1.54) is 0 Å². The van der Waals surface area contributed by atoms with Crippen molar-refractivity contribution < 1.29 is 9.59 Å². The van der Waals surface area contributed by atoms with Crippen LogP contribution in [0.5, 0.6) is 0 Å². The van der Waals surface area contributed by atoms with Gasteiger partial charge in [-0.05, 0) is 48.2 Å². The molecule has 164 valence electrons. The quantitative estimate of drug-likeness (QED) is 0.255. The van der Waals surface area contributed by atoms with Crippen LogP contribution < -0.4 is 10.9 Å². The van der Waals surface area contributed by atoms with E-state index in [4.69, 9.17) is 23.2 Å². The second-order valence-corrected chi connectivity index (χ2v) is 7.84. The third kappa shape index (κ3) is 11.3. The molecule has 0 aromatic heterocycles. The van der Waals surface area contributed by atoms with Gasteiger partial charge in [-0.2, -0.15) is 10.2 Å². The highest BCUT2D eigenvalue weighted by atomic mass is 35.5. The van der Waals surface area contributed by atoms with Crippen molar-refractivity contribution >= 4 is 47.4 Å². The molecule has 2 aromatic rings. The Hall–Kier alpha value is -2.70. The van der Waals surface area contributed by atoms with Crippen LogP contribution in [0.3, 0.4) is 0 Å². The third-order valence-corrected chi connectivity index (χ3v) is 4.78. The van der Waals surface area contributed by atoms with Gasteiger partial charge >= 0.3 is 0 Å². The number of rotatable bonds is 12. The number of hydrazone groups is 2. The van der Waals surface area contributed by atoms with Crippen molar-refractivity contribution in [1.82, 2.24) is 10.9 Å². The number of nitrogens with zero attached hydrogens (tertiary/aromatic N) is 2. The maximum Gasteiger partial charge on any atom is 0.240 e. The lowest BCUT2D eigenvalue weighted by atomic mass is 10.1. The van der Waals surface area contributed by atoms with Crippen LogP contribution in [-0.2, 0) is 9.59 Å². The fourth-order valence-electron chi connectivity index (χ4n) is 2.74. The van der Waals surface area contributed by atoms with E-state index in [9.17, 15) is 9.59 Å². The van der Waals surface area contributed by atoms with Gasteiger partial charge in [-0.25, -0.2) is 10.9 Å². The maximum atomic E-state index is 11.8. The first kappa shape index (κ1) is 24.6. The summed E-state index contributed by atoms with van der Waals surface area (Å²) in [6.07, 6.45) is 8.38. The highest BCUT2D eigenvalue weighted by Crippen LogP contribution is 2.10. The Labute approximate surface area is 192 Å². The Morgan fingerprint density at radius 1 is 0.710 bits per heavy atom. The predicted molar refractivity (Wildman–Crippen MR) is 127 cm³/mol. The Balaban J connectivity index is 1.47. The number of benzene rings is 2. The van der Waals surface area contributed by atoms with Crippen LogP contribution in [0.4, 0.5) is 0 Å². The summed E-state index contributed by atoms with van der Waals surface area (Å²) < 4.78 is 0. The van der Waals surface area contributed by atoms with E-state index in [1.807, 2.05) is 24.3 Å². The van der Waals surface area contributed by atoms with E-state index in [1.54, 1.807) is 36.7 Å². The maximum absolute atomic E-state index is 11.8. The van der Waals surface area contributed by atoms with Gasteiger partial charge in [0.2, 0.25) is 11.8 Å². The summed E-state index contributed by atoms with van der Waals surface area (Å²) in [6, 6.07) is 14.4. The zero-order chi connectivity index (χ0) is 22.3.